The van der Waals surface area contributed by atoms with Crippen LogP contribution in [0.3, 0.4) is 0 Å². The van der Waals surface area contributed by atoms with Crippen LogP contribution in [0, 0.1) is 0 Å². The highest BCUT2D eigenvalue weighted by Crippen LogP contribution is 2.29. The van der Waals surface area contributed by atoms with Gasteiger partial charge in [0.15, 0.2) is 5.65 Å². The molecule has 0 saturated carbocycles. The smallest absolute Gasteiger partial charge is 0.159 e. The highest BCUT2D eigenvalue weighted by atomic mass is 16.5. The van der Waals surface area contributed by atoms with Crippen molar-refractivity contribution in [1.82, 2.24) is 29.6 Å². The molecule has 2 saturated heterocycles. The molecule has 0 bridgehead atoms. The standard InChI is InChI=1S/C22H30N8O/c1-2-30-22-19(14-26-30)21(27-18-3-11-31-12-4-18)17(13-25-22)16-28-7-9-29(10-8-28)20-15-23-5-6-24-20/h5-6,13-15,18H,2-4,7-12,16H2,1H3,(H,25,27). The Labute approximate surface area is 182 Å². The van der Waals surface area contributed by atoms with Crippen molar-refractivity contribution in [3.8, 4) is 0 Å². The van der Waals surface area contributed by atoms with Crippen molar-refractivity contribution in [2.75, 3.05) is 49.6 Å². The van der Waals surface area contributed by atoms with E-state index in [0.29, 0.717) is 6.04 Å². The third-order valence-corrected chi connectivity index (χ3v) is 6.25. The summed E-state index contributed by atoms with van der Waals surface area (Å²) in [6, 6.07) is 0.427. The molecule has 9 heteroatoms. The van der Waals surface area contributed by atoms with Gasteiger partial charge < -0.3 is 15.0 Å². The number of fused-ring (bicyclic) bond motifs is 1. The Balaban J connectivity index is 1.34. The maximum Gasteiger partial charge on any atom is 0.159 e. The first kappa shape index (κ1) is 20.1. The summed E-state index contributed by atoms with van der Waals surface area (Å²) in [7, 11) is 0. The summed E-state index contributed by atoms with van der Waals surface area (Å²) in [4.78, 5) is 18.2. The summed E-state index contributed by atoms with van der Waals surface area (Å²) < 4.78 is 7.52. The van der Waals surface area contributed by atoms with Gasteiger partial charge in [0.05, 0.1) is 23.5 Å². The number of pyridine rings is 1. The molecule has 2 aliphatic heterocycles. The zero-order valence-electron chi connectivity index (χ0n) is 18.1. The lowest BCUT2D eigenvalue weighted by atomic mass is 10.1. The molecule has 0 unspecified atom stereocenters. The van der Waals surface area contributed by atoms with E-state index in [9.17, 15) is 0 Å². The molecule has 0 spiro atoms. The third kappa shape index (κ3) is 4.33. The van der Waals surface area contributed by atoms with Gasteiger partial charge >= 0.3 is 0 Å². The number of aromatic nitrogens is 5. The molecule has 9 nitrogen and oxygen atoms in total. The SMILES string of the molecule is CCn1ncc2c(NC3CCOCC3)c(CN3CCN(c4cnccn4)CC3)cnc21. The van der Waals surface area contributed by atoms with Crippen LogP contribution in [0.15, 0.2) is 31.0 Å². The summed E-state index contributed by atoms with van der Waals surface area (Å²) >= 11 is 0. The third-order valence-electron chi connectivity index (χ3n) is 6.25. The number of ether oxygens (including phenoxy) is 1. The van der Waals surface area contributed by atoms with Gasteiger partial charge in [0, 0.05) is 82.7 Å². The van der Waals surface area contributed by atoms with Gasteiger partial charge in [0.2, 0.25) is 0 Å². The second kappa shape index (κ2) is 9.15. The summed E-state index contributed by atoms with van der Waals surface area (Å²) in [5.41, 5.74) is 3.38. The quantitative estimate of drug-likeness (QED) is 0.647. The van der Waals surface area contributed by atoms with Crippen molar-refractivity contribution in [3.05, 3.63) is 36.5 Å². The van der Waals surface area contributed by atoms with Crippen molar-refractivity contribution in [3.63, 3.8) is 0 Å². The van der Waals surface area contributed by atoms with Gasteiger partial charge in [-0.3, -0.25) is 9.88 Å². The number of hydrogen-bond donors (Lipinski definition) is 1. The molecule has 0 radical (unpaired) electrons. The fourth-order valence-electron chi connectivity index (χ4n) is 4.47. The van der Waals surface area contributed by atoms with Crippen LogP contribution in [0.1, 0.15) is 25.3 Å². The van der Waals surface area contributed by atoms with Crippen LogP contribution >= 0.6 is 0 Å². The zero-order valence-corrected chi connectivity index (χ0v) is 18.1. The van der Waals surface area contributed by atoms with Crippen LogP contribution in [0.25, 0.3) is 11.0 Å². The molecule has 0 aliphatic carbocycles. The van der Waals surface area contributed by atoms with Crippen LogP contribution in [-0.2, 0) is 17.8 Å². The molecule has 2 aliphatic rings. The lowest BCUT2D eigenvalue weighted by Crippen LogP contribution is -2.46. The van der Waals surface area contributed by atoms with Gasteiger partial charge in [-0.15, -0.1) is 0 Å². The minimum Gasteiger partial charge on any atom is -0.381 e. The average molecular weight is 423 g/mol. The first-order valence-electron chi connectivity index (χ1n) is 11.2. The molecule has 2 fully saturated rings. The van der Waals surface area contributed by atoms with Crippen molar-refractivity contribution in [2.24, 2.45) is 0 Å². The van der Waals surface area contributed by atoms with Gasteiger partial charge in [0.25, 0.3) is 0 Å². The summed E-state index contributed by atoms with van der Waals surface area (Å²) in [5.74, 6) is 0.957. The zero-order chi connectivity index (χ0) is 21.0. The van der Waals surface area contributed by atoms with Crippen molar-refractivity contribution >= 4 is 22.5 Å². The van der Waals surface area contributed by atoms with Gasteiger partial charge in [0.1, 0.15) is 5.82 Å². The Morgan fingerprint density at radius 1 is 1.03 bits per heavy atom. The van der Waals surface area contributed by atoms with Gasteiger partial charge in [-0.1, -0.05) is 0 Å². The van der Waals surface area contributed by atoms with E-state index in [1.165, 1.54) is 11.3 Å². The Bertz CT molecular complexity index is 993. The second-order valence-corrected chi connectivity index (χ2v) is 8.21. The van der Waals surface area contributed by atoms with E-state index in [4.69, 9.17) is 9.72 Å². The summed E-state index contributed by atoms with van der Waals surface area (Å²) in [6.45, 7) is 9.30. The fraction of sp³-hybridized carbons (Fsp3) is 0.545. The van der Waals surface area contributed by atoms with E-state index in [1.807, 2.05) is 23.3 Å². The largest absolute Gasteiger partial charge is 0.381 e. The molecule has 31 heavy (non-hydrogen) atoms. The first-order chi connectivity index (χ1) is 15.3. The number of nitrogens with one attached hydrogen (secondary N) is 1. The van der Waals surface area contributed by atoms with E-state index in [1.54, 1.807) is 12.4 Å². The number of aryl methyl sites for hydroxylation is 1. The maximum atomic E-state index is 5.55. The number of rotatable bonds is 6. The van der Waals surface area contributed by atoms with Gasteiger partial charge in [-0.05, 0) is 19.8 Å². The van der Waals surface area contributed by atoms with Crippen molar-refractivity contribution in [2.45, 2.75) is 38.9 Å². The maximum absolute atomic E-state index is 5.55. The molecule has 164 valence electrons. The van der Waals surface area contributed by atoms with Crippen LogP contribution in [0.4, 0.5) is 11.5 Å². The molecule has 3 aromatic heterocycles. The topological polar surface area (TPSA) is 84.2 Å². The highest BCUT2D eigenvalue weighted by Gasteiger charge is 2.22. The number of nitrogens with zero attached hydrogens (tertiary/aromatic N) is 7. The fourth-order valence-corrected chi connectivity index (χ4v) is 4.47. The molecular formula is C22H30N8O. The van der Waals surface area contributed by atoms with Crippen molar-refractivity contribution < 1.29 is 4.74 Å². The lowest BCUT2D eigenvalue weighted by molar-refractivity contribution is 0.0904. The molecule has 0 aromatic carbocycles. The molecule has 5 heterocycles. The van der Waals surface area contributed by atoms with E-state index >= 15 is 0 Å². The van der Waals surface area contributed by atoms with Gasteiger partial charge in [-0.25, -0.2) is 14.6 Å². The van der Waals surface area contributed by atoms with Crippen LogP contribution in [0.2, 0.25) is 0 Å². The van der Waals surface area contributed by atoms with Crippen LogP contribution < -0.4 is 10.2 Å². The molecule has 1 N–H and O–H groups in total. The van der Waals surface area contributed by atoms with Crippen LogP contribution in [-0.4, -0.2) is 75.1 Å². The van der Waals surface area contributed by atoms with Crippen molar-refractivity contribution in [1.29, 1.82) is 0 Å². The number of hydrogen-bond acceptors (Lipinski definition) is 8. The number of piperazine rings is 1. The normalized spacial score (nSPS) is 18.5. The Hall–Kier alpha value is -2.78. The number of anilines is 2. The minimum absolute atomic E-state index is 0.427. The molecule has 5 rings (SSSR count). The Kier molecular flexibility index (Phi) is 5.95. The average Bonchev–Trinajstić information content (AvgIpc) is 3.26. The minimum atomic E-state index is 0.427. The second-order valence-electron chi connectivity index (χ2n) is 8.21. The van der Waals surface area contributed by atoms with Crippen LogP contribution in [0.5, 0.6) is 0 Å². The monoisotopic (exact) mass is 422 g/mol. The molecule has 3 aromatic rings. The summed E-state index contributed by atoms with van der Waals surface area (Å²) in [6.07, 6.45) is 11.4. The molecule has 0 atom stereocenters. The summed E-state index contributed by atoms with van der Waals surface area (Å²) in [5, 5.41) is 9.50. The van der Waals surface area contributed by atoms with E-state index in [0.717, 1.165) is 82.2 Å². The first-order valence-corrected chi connectivity index (χ1v) is 11.2. The molecular weight excluding hydrogens is 392 g/mol. The molecule has 0 amide bonds. The van der Waals surface area contributed by atoms with E-state index in [-0.39, 0.29) is 0 Å². The lowest BCUT2D eigenvalue weighted by Gasteiger charge is -2.35. The van der Waals surface area contributed by atoms with E-state index < -0.39 is 0 Å². The Morgan fingerprint density at radius 2 is 1.87 bits per heavy atom. The predicted molar refractivity (Wildman–Crippen MR) is 120 cm³/mol. The van der Waals surface area contributed by atoms with E-state index in [2.05, 4.69) is 37.1 Å². The predicted octanol–water partition coefficient (Wildman–Crippen LogP) is 2.15. The highest BCUT2D eigenvalue weighted by molar-refractivity contribution is 5.90. The Morgan fingerprint density at radius 3 is 2.61 bits per heavy atom. The van der Waals surface area contributed by atoms with Gasteiger partial charge in [-0.2, -0.15) is 5.10 Å².